The van der Waals surface area contributed by atoms with Gasteiger partial charge in [-0.3, -0.25) is 18.5 Å². The van der Waals surface area contributed by atoms with Gasteiger partial charge in [-0.1, -0.05) is 35.9 Å². The van der Waals surface area contributed by atoms with Gasteiger partial charge in [-0.15, -0.1) is 0 Å². The molecule has 30 heavy (non-hydrogen) atoms. The molecule has 0 saturated carbocycles. The lowest BCUT2D eigenvalue weighted by Crippen LogP contribution is -2.37. The van der Waals surface area contributed by atoms with Crippen molar-refractivity contribution in [2.45, 2.75) is 13.5 Å². The van der Waals surface area contributed by atoms with Gasteiger partial charge in [0.25, 0.3) is 5.56 Å². The number of nitrogens with zero attached hydrogens (tertiary/aromatic N) is 4. The molecule has 0 N–H and O–H groups in total. The number of aromatic nitrogens is 4. The average molecular weight is 406 g/mol. The zero-order valence-electron chi connectivity index (χ0n) is 17.2. The Kier molecular flexibility index (Phi) is 4.91. The van der Waals surface area contributed by atoms with Crippen molar-refractivity contribution < 1.29 is 9.47 Å². The molecule has 0 bridgehead atoms. The largest absolute Gasteiger partial charge is 0.497 e. The van der Waals surface area contributed by atoms with E-state index < -0.39 is 11.2 Å². The van der Waals surface area contributed by atoms with E-state index in [2.05, 4.69) is 4.98 Å². The molecular weight excluding hydrogens is 384 g/mol. The highest BCUT2D eigenvalue weighted by Crippen LogP contribution is 2.27. The van der Waals surface area contributed by atoms with Crippen LogP contribution < -0.4 is 20.7 Å². The topological polar surface area (TPSA) is 80.3 Å². The Morgan fingerprint density at radius 2 is 1.70 bits per heavy atom. The van der Waals surface area contributed by atoms with Crippen molar-refractivity contribution in [3.05, 3.63) is 80.5 Å². The van der Waals surface area contributed by atoms with Gasteiger partial charge in [-0.2, -0.15) is 4.98 Å². The Bertz CT molecular complexity index is 1360. The second-order valence-corrected chi connectivity index (χ2v) is 7.13. The maximum atomic E-state index is 13.0. The summed E-state index contributed by atoms with van der Waals surface area (Å²) in [5.74, 6) is 1.15. The van der Waals surface area contributed by atoms with Crippen molar-refractivity contribution in [1.29, 1.82) is 0 Å². The summed E-state index contributed by atoms with van der Waals surface area (Å²) >= 11 is 0. The summed E-state index contributed by atoms with van der Waals surface area (Å²) in [4.78, 5) is 29.8. The number of hydrogen-bond donors (Lipinski definition) is 0. The minimum absolute atomic E-state index is 0.220. The van der Waals surface area contributed by atoms with Gasteiger partial charge < -0.3 is 9.47 Å². The Morgan fingerprint density at radius 3 is 2.43 bits per heavy atom. The lowest BCUT2D eigenvalue weighted by atomic mass is 10.1. The van der Waals surface area contributed by atoms with E-state index in [0.717, 1.165) is 15.7 Å². The third-order valence-electron chi connectivity index (χ3n) is 4.99. The highest BCUT2D eigenvalue weighted by atomic mass is 16.5. The van der Waals surface area contributed by atoms with Crippen molar-refractivity contribution >= 4 is 11.2 Å². The van der Waals surface area contributed by atoms with Gasteiger partial charge in [-0.05, 0) is 24.6 Å². The first-order valence-corrected chi connectivity index (χ1v) is 9.42. The number of methoxy groups -OCH3 is 1. The number of benzene rings is 2. The minimum atomic E-state index is -0.444. The molecule has 2 aromatic carbocycles. The van der Waals surface area contributed by atoms with Gasteiger partial charge in [0.1, 0.15) is 11.5 Å². The van der Waals surface area contributed by atoms with Crippen LogP contribution in [0.15, 0.2) is 58.1 Å². The molecule has 0 spiro atoms. The van der Waals surface area contributed by atoms with E-state index in [1.165, 1.54) is 11.6 Å². The molecule has 0 aliphatic carbocycles. The van der Waals surface area contributed by atoms with Crippen LogP contribution in [0.5, 0.6) is 17.5 Å². The van der Waals surface area contributed by atoms with E-state index in [1.54, 1.807) is 36.9 Å². The SMILES string of the molecule is COc1cccc(Oc2nc3c(c(=O)n(C)c(=O)n3C)n2Cc2cccc(C)c2)c1. The molecule has 0 saturated heterocycles. The Morgan fingerprint density at radius 1 is 0.967 bits per heavy atom. The molecule has 0 radical (unpaired) electrons. The highest BCUT2D eigenvalue weighted by molar-refractivity contribution is 5.72. The van der Waals surface area contributed by atoms with E-state index in [-0.39, 0.29) is 11.7 Å². The molecule has 8 nitrogen and oxygen atoms in total. The number of hydrogen-bond acceptors (Lipinski definition) is 5. The van der Waals surface area contributed by atoms with Gasteiger partial charge in [-0.25, -0.2) is 4.79 Å². The number of imidazole rings is 1. The molecule has 0 aliphatic rings. The van der Waals surface area contributed by atoms with Crippen LogP contribution in [-0.2, 0) is 20.6 Å². The summed E-state index contributed by atoms with van der Waals surface area (Å²) in [7, 11) is 4.62. The number of fused-ring (bicyclic) bond motifs is 1. The zero-order chi connectivity index (χ0) is 21.4. The molecule has 2 heterocycles. The van der Waals surface area contributed by atoms with Crippen LogP contribution >= 0.6 is 0 Å². The van der Waals surface area contributed by atoms with Crippen LogP contribution in [0.25, 0.3) is 11.2 Å². The van der Waals surface area contributed by atoms with Crippen LogP contribution in [0.4, 0.5) is 0 Å². The Balaban J connectivity index is 1.93. The first kappa shape index (κ1) is 19.5. The molecular formula is C22H22N4O4. The summed E-state index contributed by atoms with van der Waals surface area (Å²) in [5, 5.41) is 0. The summed E-state index contributed by atoms with van der Waals surface area (Å²) in [6, 6.07) is 15.3. The van der Waals surface area contributed by atoms with Gasteiger partial charge >= 0.3 is 11.7 Å². The second-order valence-electron chi connectivity index (χ2n) is 7.13. The fourth-order valence-corrected chi connectivity index (χ4v) is 3.41. The predicted molar refractivity (Wildman–Crippen MR) is 114 cm³/mol. The highest BCUT2D eigenvalue weighted by Gasteiger charge is 2.21. The maximum Gasteiger partial charge on any atom is 0.332 e. The maximum absolute atomic E-state index is 13.0. The molecule has 0 unspecified atom stereocenters. The molecule has 0 fully saturated rings. The quantitative estimate of drug-likeness (QED) is 0.509. The standard InChI is InChI=1S/C22H22N4O4/c1-14-7-5-8-15(11-14)13-26-18-19(24(2)22(28)25(3)20(18)27)23-21(26)30-17-10-6-9-16(12-17)29-4/h5-12H,13H2,1-4H3. The number of ether oxygens (including phenoxy) is 2. The predicted octanol–water partition coefficient (Wildman–Crippen LogP) is 2.59. The van der Waals surface area contributed by atoms with Crippen molar-refractivity contribution in [3.63, 3.8) is 0 Å². The lowest BCUT2D eigenvalue weighted by Gasteiger charge is -2.11. The van der Waals surface area contributed by atoms with E-state index >= 15 is 0 Å². The van der Waals surface area contributed by atoms with Gasteiger partial charge in [0.05, 0.1) is 13.7 Å². The molecule has 8 heteroatoms. The molecule has 0 aliphatic heterocycles. The van der Waals surface area contributed by atoms with Gasteiger partial charge in [0.2, 0.25) is 0 Å². The van der Waals surface area contributed by atoms with E-state index in [9.17, 15) is 9.59 Å². The Hall–Kier alpha value is -3.81. The molecule has 4 aromatic rings. The zero-order valence-corrected chi connectivity index (χ0v) is 17.2. The Labute approximate surface area is 172 Å². The molecule has 4 rings (SSSR count). The fourth-order valence-electron chi connectivity index (χ4n) is 3.41. The van der Waals surface area contributed by atoms with Crippen molar-refractivity contribution in [1.82, 2.24) is 18.7 Å². The monoisotopic (exact) mass is 406 g/mol. The molecule has 0 atom stereocenters. The number of aryl methyl sites for hydroxylation is 2. The first-order chi connectivity index (χ1) is 14.4. The summed E-state index contributed by atoms with van der Waals surface area (Å²) in [6.07, 6.45) is 0. The second kappa shape index (κ2) is 7.55. The lowest BCUT2D eigenvalue weighted by molar-refractivity contribution is 0.398. The normalized spacial score (nSPS) is 11.1. The van der Waals surface area contributed by atoms with Crippen LogP contribution in [-0.4, -0.2) is 25.8 Å². The third-order valence-corrected chi connectivity index (χ3v) is 4.99. The van der Waals surface area contributed by atoms with E-state index in [0.29, 0.717) is 23.6 Å². The fraction of sp³-hybridized carbons (Fsp3) is 0.227. The molecule has 2 aromatic heterocycles. The van der Waals surface area contributed by atoms with Crippen molar-refractivity contribution in [3.8, 4) is 17.5 Å². The van der Waals surface area contributed by atoms with Crippen molar-refractivity contribution in [2.75, 3.05) is 7.11 Å². The smallest absolute Gasteiger partial charge is 0.332 e. The minimum Gasteiger partial charge on any atom is -0.497 e. The van der Waals surface area contributed by atoms with Gasteiger partial charge in [0, 0.05) is 20.2 Å². The van der Waals surface area contributed by atoms with Crippen LogP contribution in [0.1, 0.15) is 11.1 Å². The molecule has 0 amide bonds. The van der Waals surface area contributed by atoms with Crippen LogP contribution in [0.3, 0.4) is 0 Å². The van der Waals surface area contributed by atoms with E-state index in [4.69, 9.17) is 9.47 Å². The van der Waals surface area contributed by atoms with E-state index in [1.807, 2.05) is 37.3 Å². The average Bonchev–Trinajstić information content (AvgIpc) is 3.09. The van der Waals surface area contributed by atoms with Gasteiger partial charge in [0.15, 0.2) is 11.2 Å². The first-order valence-electron chi connectivity index (χ1n) is 9.42. The van der Waals surface area contributed by atoms with Crippen LogP contribution in [0, 0.1) is 6.92 Å². The summed E-state index contributed by atoms with van der Waals surface area (Å²) < 4.78 is 15.4. The summed E-state index contributed by atoms with van der Waals surface area (Å²) in [5.41, 5.74) is 1.80. The molecule has 154 valence electrons. The summed E-state index contributed by atoms with van der Waals surface area (Å²) in [6.45, 7) is 2.37. The van der Waals surface area contributed by atoms with Crippen LogP contribution in [0.2, 0.25) is 0 Å². The number of rotatable bonds is 5. The van der Waals surface area contributed by atoms with Crippen molar-refractivity contribution in [2.24, 2.45) is 14.1 Å². The third kappa shape index (κ3) is 3.36.